The van der Waals surface area contributed by atoms with Gasteiger partial charge in [0.15, 0.2) is 12.4 Å². The molecule has 0 fully saturated rings. The van der Waals surface area contributed by atoms with Gasteiger partial charge >= 0.3 is 0 Å². The van der Waals surface area contributed by atoms with E-state index in [0.29, 0.717) is 6.54 Å². The maximum absolute atomic E-state index is 11.9. The van der Waals surface area contributed by atoms with E-state index in [1.165, 1.54) is 5.56 Å². The van der Waals surface area contributed by atoms with Crippen LogP contribution in [0.2, 0.25) is 0 Å². The lowest BCUT2D eigenvalue weighted by molar-refractivity contribution is -0.684. The van der Waals surface area contributed by atoms with Gasteiger partial charge in [-0.1, -0.05) is 22.9 Å². The highest BCUT2D eigenvalue weighted by atomic mass is 79.9. The number of aromatic nitrogens is 1. The molecule has 2 aromatic rings. The quantitative estimate of drug-likeness (QED) is 0.766. The van der Waals surface area contributed by atoms with Crippen molar-refractivity contribution in [3.8, 4) is 0 Å². The Morgan fingerprint density at radius 2 is 1.75 bits per heavy atom. The molecule has 0 spiro atoms. The SMILES string of the molecule is CCc1cc[n+](CC(=O)Nc2ccc(Br)cc2)cc1.[Cl-]. The molecule has 0 atom stereocenters. The van der Waals surface area contributed by atoms with Crippen LogP contribution in [0.4, 0.5) is 5.69 Å². The van der Waals surface area contributed by atoms with E-state index in [9.17, 15) is 4.79 Å². The number of carbonyl (C=O) groups excluding carboxylic acids is 1. The van der Waals surface area contributed by atoms with Gasteiger partial charge in [0.05, 0.1) is 0 Å². The molecule has 0 radical (unpaired) electrons. The number of anilines is 1. The number of nitrogens with one attached hydrogen (secondary N) is 1. The van der Waals surface area contributed by atoms with E-state index < -0.39 is 0 Å². The summed E-state index contributed by atoms with van der Waals surface area (Å²) in [5, 5.41) is 2.87. The van der Waals surface area contributed by atoms with E-state index in [1.807, 2.05) is 53.4 Å². The van der Waals surface area contributed by atoms with E-state index >= 15 is 0 Å². The lowest BCUT2D eigenvalue weighted by atomic mass is 10.2. The number of amides is 1. The van der Waals surface area contributed by atoms with Crippen LogP contribution in [-0.4, -0.2) is 5.91 Å². The van der Waals surface area contributed by atoms with Crippen LogP contribution in [0.5, 0.6) is 0 Å². The van der Waals surface area contributed by atoms with E-state index in [0.717, 1.165) is 16.6 Å². The van der Waals surface area contributed by atoms with Gasteiger partial charge in [0.25, 0.3) is 5.91 Å². The summed E-state index contributed by atoms with van der Waals surface area (Å²) in [4.78, 5) is 11.9. The Morgan fingerprint density at radius 3 is 2.30 bits per heavy atom. The van der Waals surface area contributed by atoms with Crippen molar-refractivity contribution in [3.63, 3.8) is 0 Å². The van der Waals surface area contributed by atoms with Crippen molar-refractivity contribution >= 4 is 27.5 Å². The topological polar surface area (TPSA) is 33.0 Å². The van der Waals surface area contributed by atoms with Gasteiger partial charge in [0.2, 0.25) is 6.54 Å². The van der Waals surface area contributed by atoms with Crippen LogP contribution >= 0.6 is 15.9 Å². The number of hydrogen-bond acceptors (Lipinski definition) is 1. The summed E-state index contributed by atoms with van der Waals surface area (Å²) >= 11 is 3.36. The summed E-state index contributed by atoms with van der Waals surface area (Å²) < 4.78 is 2.86. The minimum atomic E-state index is -0.0310. The Morgan fingerprint density at radius 1 is 1.15 bits per heavy atom. The highest BCUT2D eigenvalue weighted by Gasteiger charge is 2.09. The molecule has 0 aliphatic rings. The predicted octanol–water partition coefficient (Wildman–Crippen LogP) is -0.0583. The summed E-state index contributed by atoms with van der Waals surface area (Å²) in [5.41, 5.74) is 2.07. The van der Waals surface area contributed by atoms with Crippen molar-refractivity contribution in [1.29, 1.82) is 0 Å². The molecule has 0 bridgehead atoms. The van der Waals surface area contributed by atoms with Gasteiger partial charge in [-0.05, 0) is 36.2 Å². The Labute approximate surface area is 133 Å². The molecule has 1 N–H and O–H groups in total. The predicted molar refractivity (Wildman–Crippen MR) is 78.8 cm³/mol. The summed E-state index contributed by atoms with van der Waals surface area (Å²) in [7, 11) is 0. The zero-order valence-electron chi connectivity index (χ0n) is 11.1. The Balaban J connectivity index is 0.00000200. The highest BCUT2D eigenvalue weighted by Crippen LogP contribution is 2.13. The van der Waals surface area contributed by atoms with Crippen LogP contribution in [0.15, 0.2) is 53.3 Å². The van der Waals surface area contributed by atoms with Crippen LogP contribution in [0.3, 0.4) is 0 Å². The van der Waals surface area contributed by atoms with Crippen molar-refractivity contribution < 1.29 is 21.8 Å². The Kier molecular flexibility index (Phi) is 6.68. The van der Waals surface area contributed by atoms with Crippen LogP contribution in [-0.2, 0) is 17.8 Å². The first-order valence-electron chi connectivity index (χ1n) is 6.21. The number of benzene rings is 1. The van der Waals surface area contributed by atoms with E-state index in [1.54, 1.807) is 0 Å². The molecule has 106 valence electrons. The number of rotatable bonds is 4. The molecule has 1 aromatic heterocycles. The normalized spacial score (nSPS) is 9.70. The molecule has 0 aliphatic carbocycles. The first kappa shape index (κ1) is 16.7. The molecule has 0 saturated heterocycles. The lowest BCUT2D eigenvalue weighted by Gasteiger charge is -2.03. The average molecular weight is 356 g/mol. The standard InChI is InChI=1S/C15H15BrN2O.ClH/c1-2-12-7-9-18(10-8-12)11-15(19)17-14-5-3-13(16)4-6-14;/h3-10H,2,11H2,1H3;1H. The summed E-state index contributed by atoms with van der Waals surface area (Å²) in [6, 6.07) is 11.6. The minimum absolute atomic E-state index is 0. The van der Waals surface area contributed by atoms with Crippen LogP contribution in [0, 0.1) is 0 Å². The second-order valence-electron chi connectivity index (χ2n) is 4.29. The molecule has 0 aliphatic heterocycles. The number of hydrogen-bond donors (Lipinski definition) is 1. The number of nitrogens with zero attached hydrogens (tertiary/aromatic N) is 1. The van der Waals surface area contributed by atoms with E-state index in [4.69, 9.17) is 0 Å². The highest BCUT2D eigenvalue weighted by molar-refractivity contribution is 9.10. The second kappa shape index (κ2) is 8.02. The smallest absolute Gasteiger partial charge is 0.290 e. The molecule has 0 unspecified atom stereocenters. The van der Waals surface area contributed by atoms with Crippen LogP contribution in [0.25, 0.3) is 0 Å². The maximum atomic E-state index is 11.9. The van der Waals surface area contributed by atoms with Gasteiger partial charge < -0.3 is 17.7 Å². The van der Waals surface area contributed by atoms with Crippen molar-refractivity contribution in [3.05, 3.63) is 58.8 Å². The first-order chi connectivity index (χ1) is 9.17. The van der Waals surface area contributed by atoms with Gasteiger partial charge in [-0.3, -0.25) is 4.79 Å². The van der Waals surface area contributed by atoms with Gasteiger partial charge in [-0.2, -0.15) is 4.57 Å². The third-order valence-corrected chi connectivity index (χ3v) is 3.35. The average Bonchev–Trinajstić information content (AvgIpc) is 2.42. The van der Waals surface area contributed by atoms with Gasteiger partial charge in [0.1, 0.15) is 0 Å². The molecule has 3 nitrogen and oxygen atoms in total. The molecular formula is C15H16BrClN2O. The fourth-order valence-corrected chi connectivity index (χ4v) is 1.99. The molecular weight excluding hydrogens is 340 g/mol. The zero-order valence-corrected chi connectivity index (χ0v) is 13.5. The zero-order chi connectivity index (χ0) is 13.7. The Bertz CT molecular complexity index is 555. The molecule has 20 heavy (non-hydrogen) atoms. The van der Waals surface area contributed by atoms with Gasteiger partial charge in [0, 0.05) is 22.3 Å². The van der Waals surface area contributed by atoms with Gasteiger partial charge in [-0.25, -0.2) is 0 Å². The van der Waals surface area contributed by atoms with E-state index in [2.05, 4.69) is 28.2 Å². The third-order valence-electron chi connectivity index (χ3n) is 2.82. The summed E-state index contributed by atoms with van der Waals surface area (Å²) in [6.45, 7) is 2.43. The van der Waals surface area contributed by atoms with Crippen molar-refractivity contribution in [2.75, 3.05) is 5.32 Å². The fourth-order valence-electron chi connectivity index (χ4n) is 1.73. The van der Waals surface area contributed by atoms with Crippen LogP contribution in [0.1, 0.15) is 12.5 Å². The minimum Gasteiger partial charge on any atom is -1.00 e. The summed E-state index contributed by atoms with van der Waals surface area (Å²) in [6.07, 6.45) is 4.87. The fraction of sp³-hybridized carbons (Fsp3) is 0.200. The van der Waals surface area contributed by atoms with E-state index in [-0.39, 0.29) is 18.3 Å². The van der Waals surface area contributed by atoms with Crippen LogP contribution < -0.4 is 22.3 Å². The van der Waals surface area contributed by atoms with Crippen molar-refractivity contribution in [1.82, 2.24) is 0 Å². The van der Waals surface area contributed by atoms with Gasteiger partial charge in [-0.15, -0.1) is 0 Å². The number of aryl methyl sites for hydroxylation is 1. The monoisotopic (exact) mass is 354 g/mol. The van der Waals surface area contributed by atoms with Crippen molar-refractivity contribution in [2.24, 2.45) is 0 Å². The lowest BCUT2D eigenvalue weighted by Crippen LogP contribution is -3.00. The maximum Gasteiger partial charge on any atom is 0.290 e. The van der Waals surface area contributed by atoms with Crippen molar-refractivity contribution in [2.45, 2.75) is 19.9 Å². The first-order valence-corrected chi connectivity index (χ1v) is 7.00. The molecule has 1 aromatic carbocycles. The number of carbonyl (C=O) groups is 1. The molecule has 1 heterocycles. The summed E-state index contributed by atoms with van der Waals surface area (Å²) in [5.74, 6) is -0.0310. The molecule has 5 heteroatoms. The molecule has 2 rings (SSSR count). The molecule has 1 amide bonds. The number of pyridine rings is 1. The second-order valence-corrected chi connectivity index (χ2v) is 5.20. The Hall–Kier alpha value is -1.39. The third kappa shape index (κ3) is 4.94. The largest absolute Gasteiger partial charge is 1.00 e. The number of halogens is 2. The molecule has 0 saturated carbocycles.